The summed E-state index contributed by atoms with van der Waals surface area (Å²) in [7, 11) is 5.36. The summed E-state index contributed by atoms with van der Waals surface area (Å²) >= 11 is 0. The van der Waals surface area contributed by atoms with E-state index in [2.05, 4.69) is 56.4 Å². The molecule has 2 unspecified atom stereocenters. The third-order valence-corrected chi connectivity index (χ3v) is 7.46. The number of quaternary nitrogens is 1. The Balaban J connectivity index is 4.50. The average Bonchev–Trinajstić information content (AvgIpc) is 3.00. The maximum Gasteiger partial charge on any atom is 0.306 e. The molecule has 0 N–H and O–H groups in total. The molecule has 0 aliphatic rings. The predicted molar refractivity (Wildman–Crippen MR) is 185 cm³/mol. The lowest BCUT2D eigenvalue weighted by Gasteiger charge is -2.34. The number of nitrogens with zero attached hydrogens (tertiary/aromatic N) is 1. The number of ether oxygens (including phenoxy) is 3. The lowest BCUT2D eigenvalue weighted by molar-refractivity contribution is -0.889. The second-order valence-electron chi connectivity index (χ2n) is 12.7. The number of esters is 2. The van der Waals surface area contributed by atoms with Gasteiger partial charge in [-0.2, -0.15) is 0 Å². The maximum atomic E-state index is 12.5. The zero-order valence-corrected chi connectivity index (χ0v) is 29.7. The van der Waals surface area contributed by atoms with Crippen LogP contribution in [0.2, 0.25) is 0 Å². The van der Waals surface area contributed by atoms with Crippen molar-refractivity contribution in [2.75, 3.05) is 41.0 Å². The zero-order chi connectivity index (χ0) is 34.3. The number of hydrogen-bond acceptors (Lipinski definition) is 7. The van der Waals surface area contributed by atoms with Gasteiger partial charge < -0.3 is 28.6 Å². The molecule has 0 aliphatic carbocycles. The van der Waals surface area contributed by atoms with E-state index in [1.807, 2.05) is 6.08 Å². The van der Waals surface area contributed by atoms with Gasteiger partial charge in [-0.3, -0.25) is 9.59 Å². The highest BCUT2D eigenvalue weighted by molar-refractivity contribution is 5.70. The van der Waals surface area contributed by atoms with E-state index >= 15 is 0 Å². The van der Waals surface area contributed by atoms with Crippen molar-refractivity contribution in [3.8, 4) is 0 Å². The van der Waals surface area contributed by atoms with Crippen LogP contribution in [0.4, 0.5) is 0 Å². The van der Waals surface area contributed by atoms with Crippen molar-refractivity contribution in [2.24, 2.45) is 0 Å². The number of hydrogen-bond donors (Lipinski definition) is 0. The minimum Gasteiger partial charge on any atom is -0.544 e. The molecular formula is C38H65NO7. The van der Waals surface area contributed by atoms with Gasteiger partial charge in [-0.25, -0.2) is 0 Å². The third-order valence-electron chi connectivity index (χ3n) is 7.46. The van der Waals surface area contributed by atoms with Gasteiger partial charge in [0.25, 0.3) is 0 Å². The number of allylic oxidation sites excluding steroid dienone is 8. The molecule has 0 bridgehead atoms. The van der Waals surface area contributed by atoms with Crippen LogP contribution in [0.15, 0.2) is 48.6 Å². The molecule has 0 amide bonds. The molecule has 0 aromatic carbocycles. The summed E-state index contributed by atoms with van der Waals surface area (Å²) in [5.41, 5.74) is 0. The molecule has 46 heavy (non-hydrogen) atoms. The Hall–Kier alpha value is -2.71. The van der Waals surface area contributed by atoms with E-state index < -0.39 is 18.1 Å². The van der Waals surface area contributed by atoms with E-state index in [1.54, 1.807) is 21.1 Å². The summed E-state index contributed by atoms with van der Waals surface area (Å²) in [4.78, 5) is 36.4. The summed E-state index contributed by atoms with van der Waals surface area (Å²) in [5.74, 6) is -1.84. The average molecular weight is 648 g/mol. The van der Waals surface area contributed by atoms with Crippen molar-refractivity contribution in [3.05, 3.63) is 48.6 Å². The summed E-state index contributed by atoms with van der Waals surface area (Å²) in [6.45, 7) is 4.40. The van der Waals surface area contributed by atoms with Crippen LogP contribution >= 0.6 is 0 Å². The fraction of sp³-hybridized carbons (Fsp3) is 0.711. The highest BCUT2D eigenvalue weighted by Gasteiger charge is 2.25. The first-order valence-electron chi connectivity index (χ1n) is 17.7. The lowest BCUT2D eigenvalue weighted by atomic mass is 10.1. The zero-order valence-electron chi connectivity index (χ0n) is 29.7. The van der Waals surface area contributed by atoms with E-state index in [9.17, 15) is 19.5 Å². The molecule has 264 valence electrons. The molecule has 0 aromatic rings. The van der Waals surface area contributed by atoms with Crippen LogP contribution in [0.1, 0.15) is 123 Å². The summed E-state index contributed by atoms with van der Waals surface area (Å²) < 4.78 is 16.9. The SMILES string of the molecule is CC/C=C/C/C=C/C/C=C/CCCCCCC(=O)OCC(COCCC(C(=O)[O-])[N+](C)(C)C)OC(=O)CC/C=C/CCCCCC. The molecule has 0 saturated carbocycles. The van der Waals surface area contributed by atoms with Crippen molar-refractivity contribution in [3.63, 3.8) is 0 Å². The smallest absolute Gasteiger partial charge is 0.306 e. The number of rotatable bonds is 30. The number of carboxylic acid groups (broad SMARTS) is 1. The number of carbonyl (C=O) groups is 3. The van der Waals surface area contributed by atoms with E-state index in [0.29, 0.717) is 12.8 Å². The normalized spacial score (nSPS) is 13.7. The Morgan fingerprint density at radius 1 is 0.674 bits per heavy atom. The van der Waals surface area contributed by atoms with E-state index in [4.69, 9.17) is 14.2 Å². The molecule has 0 aliphatic heterocycles. The van der Waals surface area contributed by atoms with Crippen LogP contribution < -0.4 is 5.11 Å². The molecule has 8 nitrogen and oxygen atoms in total. The molecule has 2 atom stereocenters. The summed E-state index contributed by atoms with van der Waals surface area (Å²) in [5, 5.41) is 11.5. The molecule has 0 saturated heterocycles. The van der Waals surface area contributed by atoms with Crippen LogP contribution in [0.3, 0.4) is 0 Å². The van der Waals surface area contributed by atoms with Crippen LogP contribution in [0.25, 0.3) is 0 Å². The summed E-state index contributed by atoms with van der Waals surface area (Å²) in [6, 6.07) is -0.733. The van der Waals surface area contributed by atoms with Gasteiger partial charge in [-0.15, -0.1) is 0 Å². The number of likely N-dealkylation sites (N-methyl/N-ethyl adjacent to an activating group) is 1. The van der Waals surface area contributed by atoms with Crippen LogP contribution in [0.5, 0.6) is 0 Å². The highest BCUT2D eigenvalue weighted by atomic mass is 16.6. The second-order valence-corrected chi connectivity index (χ2v) is 12.7. The first kappa shape index (κ1) is 43.3. The minimum atomic E-state index is -1.14. The van der Waals surface area contributed by atoms with Crippen LogP contribution in [0, 0.1) is 0 Å². The van der Waals surface area contributed by atoms with Gasteiger partial charge in [0.15, 0.2) is 6.10 Å². The Bertz CT molecular complexity index is 901. The van der Waals surface area contributed by atoms with E-state index in [1.165, 1.54) is 19.3 Å². The van der Waals surface area contributed by atoms with Gasteiger partial charge in [0, 0.05) is 19.3 Å². The molecule has 0 heterocycles. The third kappa shape index (κ3) is 27.6. The Labute approximate surface area is 280 Å². The van der Waals surface area contributed by atoms with Gasteiger partial charge in [0.2, 0.25) is 0 Å². The highest BCUT2D eigenvalue weighted by Crippen LogP contribution is 2.11. The van der Waals surface area contributed by atoms with Crippen LogP contribution in [-0.2, 0) is 28.6 Å². The summed E-state index contributed by atoms with van der Waals surface area (Å²) in [6.07, 6.45) is 31.6. The molecular weight excluding hydrogens is 582 g/mol. The Morgan fingerprint density at radius 2 is 1.26 bits per heavy atom. The fourth-order valence-corrected chi connectivity index (χ4v) is 4.69. The quantitative estimate of drug-likeness (QED) is 0.0352. The van der Waals surface area contributed by atoms with Crippen molar-refractivity contribution < 1.29 is 38.2 Å². The number of aliphatic carboxylic acids is 1. The minimum absolute atomic E-state index is 0.0163. The first-order valence-corrected chi connectivity index (χ1v) is 17.7. The number of carbonyl (C=O) groups excluding carboxylic acids is 3. The van der Waals surface area contributed by atoms with Crippen molar-refractivity contribution >= 4 is 17.9 Å². The Kier molecular flexibility index (Phi) is 27.9. The van der Waals surface area contributed by atoms with E-state index in [-0.39, 0.29) is 49.1 Å². The first-order chi connectivity index (χ1) is 22.1. The molecule has 0 rings (SSSR count). The topological polar surface area (TPSA) is 102 Å². The molecule has 0 aromatic heterocycles. The maximum absolute atomic E-state index is 12.5. The standard InChI is InChI=1S/C38H65NO7/c1-6-8-10-12-14-16-17-18-19-20-21-23-24-26-28-36(40)45-33-34(32-44-31-30-35(38(42)43)39(3,4)5)46-37(41)29-27-25-22-15-13-11-9-7-2/h8,10,14,16,18-19,22,25,34-35H,6-7,9,11-13,15,17,20-21,23-24,26-33H2,1-5H3/b10-8+,16-14+,19-18+,25-22+. The second kappa shape index (κ2) is 29.7. The van der Waals surface area contributed by atoms with Gasteiger partial charge >= 0.3 is 11.9 Å². The molecule has 0 fully saturated rings. The monoisotopic (exact) mass is 647 g/mol. The molecule has 0 spiro atoms. The fourth-order valence-electron chi connectivity index (χ4n) is 4.69. The largest absolute Gasteiger partial charge is 0.544 e. The Morgan fingerprint density at radius 3 is 1.89 bits per heavy atom. The van der Waals surface area contributed by atoms with Gasteiger partial charge in [-0.05, 0) is 57.8 Å². The van der Waals surface area contributed by atoms with Crippen molar-refractivity contribution in [2.45, 2.75) is 135 Å². The predicted octanol–water partition coefficient (Wildman–Crippen LogP) is 7.18. The van der Waals surface area contributed by atoms with E-state index in [0.717, 1.165) is 64.2 Å². The van der Waals surface area contributed by atoms with Gasteiger partial charge in [0.05, 0.1) is 40.3 Å². The van der Waals surface area contributed by atoms with Gasteiger partial charge in [0.1, 0.15) is 12.6 Å². The number of unbranched alkanes of at least 4 members (excludes halogenated alkanes) is 8. The molecule has 0 radical (unpaired) electrons. The van der Waals surface area contributed by atoms with Gasteiger partial charge in [-0.1, -0.05) is 94.6 Å². The molecule has 8 heteroatoms. The number of carboxylic acids is 1. The lowest BCUT2D eigenvalue weighted by Crippen LogP contribution is -2.55. The van der Waals surface area contributed by atoms with Crippen molar-refractivity contribution in [1.82, 2.24) is 0 Å². The van der Waals surface area contributed by atoms with Crippen molar-refractivity contribution in [1.29, 1.82) is 0 Å². The van der Waals surface area contributed by atoms with Crippen LogP contribution in [-0.4, -0.2) is 75.5 Å².